The van der Waals surface area contributed by atoms with Gasteiger partial charge >= 0.3 is 0 Å². The van der Waals surface area contributed by atoms with Crippen molar-refractivity contribution in [2.24, 2.45) is 0 Å². The van der Waals surface area contributed by atoms with Gasteiger partial charge in [0.1, 0.15) is 16.3 Å². The maximum Gasteiger partial charge on any atom is 0.264 e. The lowest BCUT2D eigenvalue weighted by Crippen LogP contribution is -2.27. The van der Waals surface area contributed by atoms with Crippen LogP contribution in [0.3, 0.4) is 0 Å². The molecule has 1 aromatic carbocycles. The summed E-state index contributed by atoms with van der Waals surface area (Å²) in [4.78, 5) is 10.7. The molecule has 0 heterocycles. The molecule has 0 aliphatic carbocycles. The van der Waals surface area contributed by atoms with Gasteiger partial charge in [-0.2, -0.15) is 0 Å². The number of hydrogen-bond acceptors (Lipinski definition) is 4. The third-order valence-electron chi connectivity index (χ3n) is 2.44. The summed E-state index contributed by atoms with van der Waals surface area (Å²) in [5.41, 5.74) is -1.02. The second-order valence-corrected chi connectivity index (χ2v) is 8.15. The number of amides is 1. The molecule has 0 aromatic heterocycles. The van der Waals surface area contributed by atoms with Crippen LogP contribution in [-0.2, 0) is 19.9 Å². The van der Waals surface area contributed by atoms with Crippen molar-refractivity contribution in [2.75, 3.05) is 18.6 Å². The van der Waals surface area contributed by atoms with Gasteiger partial charge in [-0.1, -0.05) is 0 Å². The molecule has 1 amide bonds. The normalized spacial score (nSPS) is 13.0. The second-order valence-electron chi connectivity index (χ2n) is 4.06. The Labute approximate surface area is 127 Å². The molecule has 1 atom stereocenters. The van der Waals surface area contributed by atoms with Crippen LogP contribution in [0.2, 0.25) is 0 Å². The summed E-state index contributed by atoms with van der Waals surface area (Å²) in [6.07, 6.45) is 1.83. The molecule has 118 valence electrons. The van der Waals surface area contributed by atoms with Gasteiger partial charge in [-0.05, 0) is 18.6 Å². The Morgan fingerprint density at radius 1 is 1.38 bits per heavy atom. The molecule has 1 N–H and O–H groups in total. The quantitative estimate of drug-likeness (QED) is 0.615. The minimum atomic E-state index is -4.43. The molecule has 1 aromatic rings. The molecule has 5 nitrogen and oxygen atoms in total. The standard InChI is InChI=1S/C11H12ClF2NO4S2/c1-20(17)6-2-5-15-11(16)9-7(13)3-4-8(10(9)14)21(12,18)19/h3-4H,2,5-6H2,1H3,(H,15,16). The molecule has 0 saturated carbocycles. The predicted molar refractivity (Wildman–Crippen MR) is 75.3 cm³/mol. The highest BCUT2D eigenvalue weighted by molar-refractivity contribution is 8.13. The molecule has 0 aliphatic rings. The van der Waals surface area contributed by atoms with Crippen LogP contribution < -0.4 is 5.32 Å². The van der Waals surface area contributed by atoms with E-state index in [9.17, 15) is 26.2 Å². The summed E-state index contributed by atoms with van der Waals surface area (Å²) in [6.45, 7) is 0.0507. The van der Waals surface area contributed by atoms with Crippen LogP contribution in [-0.4, -0.2) is 37.1 Å². The first-order valence-corrected chi connectivity index (χ1v) is 9.69. The van der Waals surface area contributed by atoms with Gasteiger partial charge in [-0.25, -0.2) is 17.2 Å². The van der Waals surface area contributed by atoms with E-state index < -0.39 is 47.9 Å². The highest BCUT2D eigenvalue weighted by atomic mass is 35.7. The van der Waals surface area contributed by atoms with Crippen molar-refractivity contribution in [3.8, 4) is 0 Å². The topological polar surface area (TPSA) is 80.3 Å². The zero-order valence-electron chi connectivity index (χ0n) is 10.9. The number of benzene rings is 1. The molecule has 1 rings (SSSR count). The zero-order chi connectivity index (χ0) is 16.2. The number of carbonyl (C=O) groups excluding carboxylic acids is 1. The van der Waals surface area contributed by atoms with Gasteiger partial charge < -0.3 is 5.32 Å². The van der Waals surface area contributed by atoms with E-state index in [4.69, 9.17) is 10.7 Å². The highest BCUT2D eigenvalue weighted by Crippen LogP contribution is 2.23. The summed E-state index contributed by atoms with van der Waals surface area (Å²) in [7, 11) is -0.479. The van der Waals surface area contributed by atoms with Crippen LogP contribution in [0.4, 0.5) is 8.78 Å². The van der Waals surface area contributed by atoms with Crippen molar-refractivity contribution in [3.05, 3.63) is 29.3 Å². The van der Waals surface area contributed by atoms with E-state index in [1.54, 1.807) is 0 Å². The first-order chi connectivity index (χ1) is 9.64. The summed E-state index contributed by atoms with van der Waals surface area (Å²) in [5, 5.41) is 2.22. The largest absolute Gasteiger partial charge is 0.352 e. The van der Waals surface area contributed by atoms with E-state index in [0.717, 1.165) is 0 Å². The predicted octanol–water partition coefficient (Wildman–Crippen LogP) is 1.39. The summed E-state index contributed by atoms with van der Waals surface area (Å²) in [6, 6.07) is 1.29. The first kappa shape index (κ1) is 18.0. The van der Waals surface area contributed by atoms with E-state index in [1.807, 2.05) is 0 Å². The van der Waals surface area contributed by atoms with Crippen molar-refractivity contribution < 1.29 is 26.2 Å². The van der Waals surface area contributed by atoms with Crippen molar-refractivity contribution in [1.29, 1.82) is 0 Å². The molecule has 21 heavy (non-hydrogen) atoms. The maximum atomic E-state index is 13.9. The minimum Gasteiger partial charge on any atom is -0.352 e. The summed E-state index contributed by atoms with van der Waals surface area (Å²) >= 11 is 0. The molecule has 10 heteroatoms. The fourth-order valence-corrected chi connectivity index (χ4v) is 2.95. The fourth-order valence-electron chi connectivity index (χ4n) is 1.50. The SMILES string of the molecule is CS(=O)CCCNC(=O)c1c(F)ccc(S(=O)(=O)Cl)c1F. The molecule has 0 aliphatic heterocycles. The number of rotatable bonds is 6. The van der Waals surface area contributed by atoms with Crippen molar-refractivity contribution >= 4 is 36.4 Å². The van der Waals surface area contributed by atoms with Crippen molar-refractivity contribution in [3.63, 3.8) is 0 Å². The molecule has 0 fully saturated rings. The number of carbonyl (C=O) groups is 1. The molecular weight excluding hydrogens is 348 g/mol. The van der Waals surface area contributed by atoms with Gasteiger partial charge in [0.05, 0.1) is 0 Å². The maximum absolute atomic E-state index is 13.9. The lowest BCUT2D eigenvalue weighted by molar-refractivity contribution is 0.0944. The molecule has 0 bridgehead atoms. The first-order valence-electron chi connectivity index (χ1n) is 5.65. The third kappa shape index (κ3) is 5.01. The number of nitrogens with one attached hydrogen (secondary N) is 1. The monoisotopic (exact) mass is 359 g/mol. The average molecular weight is 360 g/mol. The molecule has 0 radical (unpaired) electrons. The van der Waals surface area contributed by atoms with Crippen LogP contribution in [0.1, 0.15) is 16.8 Å². The Morgan fingerprint density at radius 3 is 2.52 bits per heavy atom. The van der Waals surface area contributed by atoms with Gasteiger partial charge in [0.2, 0.25) is 0 Å². The fraction of sp³-hybridized carbons (Fsp3) is 0.364. The second kappa shape index (κ2) is 7.28. The van der Waals surface area contributed by atoms with E-state index in [0.29, 0.717) is 24.3 Å². The Morgan fingerprint density at radius 2 is 2.00 bits per heavy atom. The van der Waals surface area contributed by atoms with E-state index in [-0.39, 0.29) is 6.54 Å². The highest BCUT2D eigenvalue weighted by Gasteiger charge is 2.25. The number of hydrogen-bond donors (Lipinski definition) is 1. The molecular formula is C11H12ClF2NO4S2. The summed E-state index contributed by atoms with van der Waals surface area (Å²) < 4.78 is 60.5. The van der Waals surface area contributed by atoms with Crippen LogP contribution in [0.25, 0.3) is 0 Å². The Hall–Kier alpha value is -1.06. The van der Waals surface area contributed by atoms with Crippen LogP contribution in [0, 0.1) is 11.6 Å². The lowest BCUT2D eigenvalue weighted by Gasteiger charge is -2.08. The third-order valence-corrected chi connectivity index (χ3v) is 4.64. The minimum absolute atomic E-state index is 0.0507. The van der Waals surface area contributed by atoms with Gasteiger partial charge in [0, 0.05) is 40.0 Å². The van der Waals surface area contributed by atoms with Gasteiger partial charge in [0.15, 0.2) is 5.82 Å². The van der Waals surface area contributed by atoms with E-state index >= 15 is 0 Å². The summed E-state index contributed by atoms with van der Waals surface area (Å²) in [5.74, 6) is -3.52. The molecule has 0 saturated heterocycles. The van der Waals surface area contributed by atoms with Crippen LogP contribution in [0.5, 0.6) is 0 Å². The van der Waals surface area contributed by atoms with Crippen molar-refractivity contribution in [1.82, 2.24) is 5.32 Å². The van der Waals surface area contributed by atoms with Gasteiger partial charge in [0.25, 0.3) is 15.0 Å². The van der Waals surface area contributed by atoms with E-state index in [1.165, 1.54) is 6.26 Å². The number of halogens is 3. The molecule has 1 unspecified atom stereocenters. The molecule has 0 spiro atoms. The lowest BCUT2D eigenvalue weighted by atomic mass is 10.2. The van der Waals surface area contributed by atoms with Crippen LogP contribution in [0.15, 0.2) is 17.0 Å². The van der Waals surface area contributed by atoms with Crippen LogP contribution >= 0.6 is 10.7 Å². The smallest absolute Gasteiger partial charge is 0.264 e. The Bertz CT molecular complexity index is 679. The average Bonchev–Trinajstić information content (AvgIpc) is 2.32. The van der Waals surface area contributed by atoms with Gasteiger partial charge in [-0.3, -0.25) is 9.00 Å². The van der Waals surface area contributed by atoms with Gasteiger partial charge in [-0.15, -0.1) is 0 Å². The Balaban J connectivity index is 2.97. The zero-order valence-corrected chi connectivity index (χ0v) is 13.2. The Kier molecular flexibility index (Phi) is 6.24. The van der Waals surface area contributed by atoms with E-state index in [2.05, 4.69) is 5.32 Å². The van der Waals surface area contributed by atoms with Crippen molar-refractivity contribution in [2.45, 2.75) is 11.3 Å².